The predicted octanol–water partition coefficient (Wildman–Crippen LogP) is 12.7. The molecule has 0 aliphatic heterocycles. The second kappa shape index (κ2) is 9.32. The fraction of sp³-hybridized carbons (Fsp3) is 0.143. The fourth-order valence-electron chi connectivity index (χ4n) is 7.69. The number of hydrogen-bond acceptors (Lipinski definition) is 3. The third-order valence-electron chi connectivity index (χ3n) is 10.6. The van der Waals surface area contributed by atoms with E-state index in [0.717, 1.165) is 33.3 Å². The first-order valence-corrected chi connectivity index (χ1v) is 16.5. The smallest absolute Gasteiger partial charge is 0.137 e. The zero-order valence-electron chi connectivity index (χ0n) is 25.9. The van der Waals surface area contributed by atoms with E-state index in [1.54, 1.807) is 0 Å². The van der Waals surface area contributed by atoms with Crippen LogP contribution in [0.3, 0.4) is 0 Å². The van der Waals surface area contributed by atoms with E-state index in [-0.39, 0.29) is 10.8 Å². The molecule has 1 aliphatic rings. The third-order valence-corrected chi connectivity index (χ3v) is 11.8. The molecule has 3 heteroatoms. The Morgan fingerprint density at radius 3 is 2.16 bits per heavy atom. The monoisotopic (exact) mass is 599 g/mol. The summed E-state index contributed by atoms with van der Waals surface area (Å²) >= 11 is 1.90. The van der Waals surface area contributed by atoms with Crippen molar-refractivity contribution < 1.29 is 4.42 Å². The summed E-state index contributed by atoms with van der Waals surface area (Å²) in [6, 6.07) is 46.2. The number of hydrogen-bond donors (Lipinski definition) is 0. The van der Waals surface area contributed by atoms with Gasteiger partial charge in [0.2, 0.25) is 0 Å². The van der Waals surface area contributed by atoms with Gasteiger partial charge in [0.05, 0.1) is 10.4 Å². The van der Waals surface area contributed by atoms with Crippen LogP contribution in [0.2, 0.25) is 0 Å². The van der Waals surface area contributed by atoms with Crippen LogP contribution >= 0.6 is 11.3 Å². The second-order valence-electron chi connectivity index (χ2n) is 13.4. The topological polar surface area (TPSA) is 16.4 Å². The Balaban J connectivity index is 1.33. The van der Waals surface area contributed by atoms with Crippen LogP contribution in [0, 0.1) is 0 Å². The average Bonchev–Trinajstić information content (AvgIpc) is 3.63. The van der Waals surface area contributed by atoms with Gasteiger partial charge in [0.15, 0.2) is 0 Å². The average molecular weight is 600 g/mol. The first-order valence-electron chi connectivity index (χ1n) is 15.7. The van der Waals surface area contributed by atoms with E-state index < -0.39 is 0 Å². The SMILES string of the molecule is CC1(C)c2ccccc2-c2ccc3sc4c(N(c5ccccc5)c5ccc6c(c5)oc5ccccc56)cccc4c3c2C1(C)C. The normalized spacial score (nSPS) is 15.0. The van der Waals surface area contributed by atoms with E-state index in [1.165, 1.54) is 48.1 Å². The Bertz CT molecular complexity index is 2440. The number of nitrogens with zero attached hydrogens (tertiary/aromatic N) is 1. The maximum atomic E-state index is 6.36. The van der Waals surface area contributed by atoms with Gasteiger partial charge in [0.1, 0.15) is 11.2 Å². The minimum Gasteiger partial charge on any atom is -0.456 e. The number of furan rings is 1. The van der Waals surface area contributed by atoms with Gasteiger partial charge < -0.3 is 9.32 Å². The highest BCUT2D eigenvalue weighted by Crippen LogP contribution is 2.58. The molecule has 2 nitrogen and oxygen atoms in total. The van der Waals surface area contributed by atoms with Crippen molar-refractivity contribution in [1.82, 2.24) is 0 Å². The molecule has 9 rings (SSSR count). The molecule has 0 amide bonds. The Hall–Kier alpha value is -4.86. The van der Waals surface area contributed by atoms with Crippen molar-refractivity contribution in [3.8, 4) is 11.1 Å². The lowest BCUT2D eigenvalue weighted by Gasteiger charge is -2.48. The van der Waals surface area contributed by atoms with Crippen molar-refractivity contribution in [2.75, 3.05) is 4.90 Å². The molecule has 0 spiro atoms. The summed E-state index contributed by atoms with van der Waals surface area (Å²) in [7, 11) is 0. The summed E-state index contributed by atoms with van der Waals surface area (Å²) < 4.78 is 8.99. The Kier molecular flexibility index (Phi) is 5.50. The van der Waals surface area contributed by atoms with Gasteiger partial charge in [0, 0.05) is 49.1 Å². The number of fused-ring (bicyclic) bond motifs is 10. The van der Waals surface area contributed by atoms with Crippen molar-refractivity contribution in [1.29, 1.82) is 0 Å². The van der Waals surface area contributed by atoms with Gasteiger partial charge in [-0.3, -0.25) is 0 Å². The number of anilines is 3. The molecule has 0 atom stereocenters. The van der Waals surface area contributed by atoms with Gasteiger partial charge in [-0.1, -0.05) is 107 Å². The van der Waals surface area contributed by atoms with Crippen molar-refractivity contribution >= 4 is 70.5 Å². The molecular formula is C42H33NOS. The molecule has 0 unspecified atom stereocenters. The molecule has 2 heterocycles. The molecule has 0 N–H and O–H groups in total. The number of para-hydroxylation sites is 2. The van der Waals surface area contributed by atoms with Crippen LogP contribution in [-0.4, -0.2) is 0 Å². The zero-order chi connectivity index (χ0) is 30.5. The lowest BCUT2D eigenvalue weighted by atomic mass is 9.55. The fourth-order valence-corrected chi connectivity index (χ4v) is 8.91. The second-order valence-corrected chi connectivity index (χ2v) is 14.4. The van der Waals surface area contributed by atoms with Gasteiger partial charge in [-0.15, -0.1) is 11.3 Å². The van der Waals surface area contributed by atoms with Crippen molar-refractivity contribution in [3.05, 3.63) is 139 Å². The minimum atomic E-state index is -0.0777. The largest absolute Gasteiger partial charge is 0.456 e. The lowest BCUT2D eigenvalue weighted by Crippen LogP contribution is -2.43. The summed E-state index contributed by atoms with van der Waals surface area (Å²) in [6.07, 6.45) is 0. The van der Waals surface area contributed by atoms with Crippen LogP contribution < -0.4 is 4.90 Å². The van der Waals surface area contributed by atoms with Gasteiger partial charge in [0.25, 0.3) is 0 Å². The Morgan fingerprint density at radius 2 is 1.29 bits per heavy atom. The molecule has 0 saturated heterocycles. The van der Waals surface area contributed by atoms with E-state index in [1.807, 2.05) is 23.5 Å². The summed E-state index contributed by atoms with van der Waals surface area (Å²) in [5.74, 6) is 0. The molecule has 0 radical (unpaired) electrons. The van der Waals surface area contributed by atoms with E-state index in [4.69, 9.17) is 4.42 Å². The number of thiophene rings is 1. The summed E-state index contributed by atoms with van der Waals surface area (Å²) in [6.45, 7) is 9.71. The lowest BCUT2D eigenvalue weighted by molar-refractivity contribution is 0.301. The Morgan fingerprint density at radius 1 is 0.556 bits per heavy atom. The van der Waals surface area contributed by atoms with Gasteiger partial charge >= 0.3 is 0 Å². The van der Waals surface area contributed by atoms with Gasteiger partial charge in [-0.25, -0.2) is 0 Å². The summed E-state index contributed by atoms with van der Waals surface area (Å²) in [5.41, 5.74) is 10.7. The maximum absolute atomic E-state index is 6.36. The molecule has 45 heavy (non-hydrogen) atoms. The molecule has 1 aliphatic carbocycles. The molecular weight excluding hydrogens is 567 g/mol. The van der Waals surface area contributed by atoms with Crippen LogP contribution in [0.5, 0.6) is 0 Å². The highest BCUT2D eigenvalue weighted by Gasteiger charge is 2.47. The summed E-state index contributed by atoms with van der Waals surface area (Å²) in [4.78, 5) is 2.39. The predicted molar refractivity (Wildman–Crippen MR) is 193 cm³/mol. The quantitative estimate of drug-likeness (QED) is 0.201. The van der Waals surface area contributed by atoms with Crippen LogP contribution in [0.15, 0.2) is 132 Å². The first kappa shape index (κ1) is 26.5. The van der Waals surface area contributed by atoms with Crippen molar-refractivity contribution in [2.45, 2.75) is 38.5 Å². The standard InChI is InChI=1S/C42H33NOS/c1-41(2)33-18-10-8-15-28(33)31-23-24-37-38(39(31)42(41,3)4)32-17-12-19-34(40(32)45-37)43(26-13-6-5-7-14-26)27-21-22-30-29-16-9-11-20-35(29)44-36(30)25-27/h5-25H,1-4H3. The Labute approximate surface area is 267 Å². The van der Waals surface area contributed by atoms with Crippen LogP contribution in [-0.2, 0) is 10.8 Å². The van der Waals surface area contributed by atoms with Gasteiger partial charge in [-0.2, -0.15) is 0 Å². The number of rotatable bonds is 3. The summed E-state index contributed by atoms with van der Waals surface area (Å²) in [5, 5.41) is 4.99. The molecule has 2 aromatic heterocycles. The molecule has 8 aromatic rings. The van der Waals surface area contributed by atoms with Gasteiger partial charge in [-0.05, 0) is 70.1 Å². The highest BCUT2D eigenvalue weighted by atomic mass is 32.1. The van der Waals surface area contributed by atoms with E-state index in [2.05, 4.69) is 148 Å². The highest BCUT2D eigenvalue weighted by molar-refractivity contribution is 7.26. The van der Waals surface area contributed by atoms with Crippen molar-refractivity contribution in [3.63, 3.8) is 0 Å². The first-order chi connectivity index (χ1) is 21.8. The number of benzene rings is 6. The van der Waals surface area contributed by atoms with Crippen LogP contribution in [0.1, 0.15) is 38.8 Å². The molecule has 0 saturated carbocycles. The van der Waals surface area contributed by atoms with E-state index in [9.17, 15) is 0 Å². The van der Waals surface area contributed by atoms with E-state index >= 15 is 0 Å². The molecule has 6 aromatic carbocycles. The van der Waals surface area contributed by atoms with Crippen molar-refractivity contribution in [2.24, 2.45) is 0 Å². The molecule has 0 bridgehead atoms. The van der Waals surface area contributed by atoms with Crippen LogP contribution in [0.4, 0.5) is 17.1 Å². The van der Waals surface area contributed by atoms with E-state index in [0.29, 0.717) is 0 Å². The maximum Gasteiger partial charge on any atom is 0.137 e. The molecule has 0 fully saturated rings. The molecule has 218 valence electrons. The van der Waals surface area contributed by atoms with Crippen LogP contribution in [0.25, 0.3) is 53.2 Å². The minimum absolute atomic E-state index is 0.0329. The third kappa shape index (κ3) is 3.62. The zero-order valence-corrected chi connectivity index (χ0v) is 26.7.